The first-order valence-electron chi connectivity index (χ1n) is 6.50. The van der Waals surface area contributed by atoms with Crippen LogP contribution in [0.5, 0.6) is 5.75 Å². The molecule has 1 aromatic rings. The normalized spacial score (nSPS) is 14.4. The highest BCUT2D eigenvalue weighted by Crippen LogP contribution is 2.35. The molecule has 0 spiro atoms. The van der Waals surface area contributed by atoms with Gasteiger partial charge in [0.25, 0.3) is 0 Å². The number of alkyl halides is 1. The number of hydrogen-bond donors (Lipinski definition) is 0. The molecule has 0 radical (unpaired) electrons. The van der Waals surface area contributed by atoms with E-state index in [-0.39, 0.29) is 5.38 Å². The molecule has 2 atom stereocenters. The molecule has 2 heteroatoms. The first-order chi connectivity index (χ1) is 8.22. The van der Waals surface area contributed by atoms with Gasteiger partial charge in [0.1, 0.15) is 5.75 Å². The predicted octanol–water partition coefficient (Wildman–Crippen LogP) is 5.19. The fourth-order valence-corrected chi connectivity index (χ4v) is 2.53. The molecule has 1 aromatic carbocycles. The van der Waals surface area contributed by atoms with Crippen molar-refractivity contribution in [3.63, 3.8) is 0 Å². The molecule has 0 aliphatic heterocycles. The summed E-state index contributed by atoms with van der Waals surface area (Å²) in [5.74, 6) is 1.46. The zero-order chi connectivity index (χ0) is 12.7. The second-order valence-corrected chi connectivity index (χ2v) is 4.96. The van der Waals surface area contributed by atoms with Gasteiger partial charge in [-0.15, -0.1) is 11.6 Å². The number of rotatable bonds is 7. The number of unbranched alkanes of at least 4 members (excludes halogenated alkanes) is 1. The Morgan fingerprint density at radius 3 is 2.29 bits per heavy atom. The zero-order valence-corrected chi connectivity index (χ0v) is 11.8. The standard InChI is InChI=1S/C15H23ClO/c1-4-6-7-12(5-2)15(16)13-8-10-14(17-3)11-9-13/h8-12,15H,4-7H2,1-3H3. The molecule has 0 amide bonds. The van der Waals surface area contributed by atoms with Crippen molar-refractivity contribution < 1.29 is 4.74 Å². The average Bonchev–Trinajstić information content (AvgIpc) is 2.39. The predicted molar refractivity (Wildman–Crippen MR) is 74.9 cm³/mol. The Balaban J connectivity index is 2.67. The second kappa shape index (κ2) is 7.60. The van der Waals surface area contributed by atoms with Crippen LogP contribution in [0.15, 0.2) is 24.3 Å². The van der Waals surface area contributed by atoms with Crippen molar-refractivity contribution in [3.8, 4) is 5.75 Å². The van der Waals surface area contributed by atoms with E-state index in [1.807, 2.05) is 12.1 Å². The molecule has 0 aliphatic carbocycles. The molecule has 0 N–H and O–H groups in total. The SMILES string of the molecule is CCCCC(CC)C(Cl)c1ccc(OC)cc1. The molecule has 1 nitrogen and oxygen atoms in total. The molecule has 2 unspecified atom stereocenters. The third-order valence-corrected chi connectivity index (χ3v) is 3.91. The van der Waals surface area contributed by atoms with Crippen molar-refractivity contribution in [2.24, 2.45) is 5.92 Å². The molecule has 0 bridgehead atoms. The maximum atomic E-state index is 6.56. The summed E-state index contributed by atoms with van der Waals surface area (Å²) in [6.07, 6.45) is 4.86. The van der Waals surface area contributed by atoms with Gasteiger partial charge in [-0.05, 0) is 30.0 Å². The van der Waals surface area contributed by atoms with Gasteiger partial charge in [0.05, 0.1) is 12.5 Å². The van der Waals surface area contributed by atoms with E-state index in [1.165, 1.54) is 24.8 Å². The van der Waals surface area contributed by atoms with Crippen LogP contribution in [-0.2, 0) is 0 Å². The van der Waals surface area contributed by atoms with Crippen LogP contribution in [-0.4, -0.2) is 7.11 Å². The highest BCUT2D eigenvalue weighted by molar-refractivity contribution is 6.21. The third kappa shape index (κ3) is 4.23. The molecule has 0 aromatic heterocycles. The number of methoxy groups -OCH3 is 1. The Labute approximate surface area is 110 Å². The highest BCUT2D eigenvalue weighted by Gasteiger charge is 2.18. The van der Waals surface area contributed by atoms with Gasteiger partial charge in [-0.2, -0.15) is 0 Å². The lowest BCUT2D eigenvalue weighted by molar-refractivity contribution is 0.413. The van der Waals surface area contributed by atoms with Crippen LogP contribution in [0.1, 0.15) is 50.5 Å². The van der Waals surface area contributed by atoms with Crippen LogP contribution in [0.25, 0.3) is 0 Å². The van der Waals surface area contributed by atoms with E-state index in [0.29, 0.717) is 5.92 Å². The van der Waals surface area contributed by atoms with Crippen molar-refractivity contribution in [1.82, 2.24) is 0 Å². The van der Waals surface area contributed by atoms with E-state index >= 15 is 0 Å². The van der Waals surface area contributed by atoms with E-state index in [2.05, 4.69) is 26.0 Å². The Morgan fingerprint density at radius 2 is 1.82 bits per heavy atom. The molecule has 1 rings (SSSR count). The van der Waals surface area contributed by atoms with Crippen LogP contribution < -0.4 is 4.74 Å². The summed E-state index contributed by atoms with van der Waals surface area (Å²) in [7, 11) is 1.68. The van der Waals surface area contributed by atoms with Gasteiger partial charge in [-0.1, -0.05) is 45.2 Å². The Kier molecular flexibility index (Phi) is 6.43. The summed E-state index contributed by atoms with van der Waals surface area (Å²) in [6.45, 7) is 4.45. The summed E-state index contributed by atoms with van der Waals surface area (Å²) in [4.78, 5) is 0. The minimum atomic E-state index is 0.123. The molecular weight excluding hydrogens is 232 g/mol. The first kappa shape index (κ1) is 14.4. The van der Waals surface area contributed by atoms with Crippen molar-refractivity contribution in [3.05, 3.63) is 29.8 Å². The number of hydrogen-bond acceptors (Lipinski definition) is 1. The van der Waals surface area contributed by atoms with Gasteiger partial charge in [0.15, 0.2) is 0 Å². The maximum absolute atomic E-state index is 6.56. The maximum Gasteiger partial charge on any atom is 0.118 e. The third-order valence-electron chi connectivity index (χ3n) is 3.30. The monoisotopic (exact) mass is 254 g/mol. The molecule has 0 aliphatic rings. The van der Waals surface area contributed by atoms with Gasteiger partial charge < -0.3 is 4.74 Å². The van der Waals surface area contributed by atoms with Crippen LogP contribution in [0.4, 0.5) is 0 Å². The fraction of sp³-hybridized carbons (Fsp3) is 0.600. The lowest BCUT2D eigenvalue weighted by Gasteiger charge is -2.21. The molecule has 0 saturated heterocycles. The summed E-state index contributed by atoms with van der Waals surface area (Å²) in [5, 5.41) is 0.123. The quantitative estimate of drug-likeness (QED) is 0.609. The molecule has 0 saturated carbocycles. The van der Waals surface area contributed by atoms with Crippen LogP contribution >= 0.6 is 11.6 Å². The van der Waals surface area contributed by atoms with Crippen LogP contribution in [0.3, 0.4) is 0 Å². The Bertz CT molecular complexity index is 307. The number of ether oxygens (including phenoxy) is 1. The summed E-state index contributed by atoms with van der Waals surface area (Å²) >= 11 is 6.56. The van der Waals surface area contributed by atoms with E-state index in [0.717, 1.165) is 12.2 Å². The minimum Gasteiger partial charge on any atom is -0.497 e. The van der Waals surface area contributed by atoms with Crippen molar-refractivity contribution >= 4 is 11.6 Å². The largest absolute Gasteiger partial charge is 0.497 e. The van der Waals surface area contributed by atoms with Gasteiger partial charge in [0, 0.05) is 0 Å². The summed E-state index contributed by atoms with van der Waals surface area (Å²) < 4.78 is 5.16. The zero-order valence-electron chi connectivity index (χ0n) is 11.1. The molecule has 0 fully saturated rings. The van der Waals surface area contributed by atoms with Gasteiger partial charge in [-0.25, -0.2) is 0 Å². The van der Waals surface area contributed by atoms with Crippen LogP contribution in [0, 0.1) is 5.92 Å². The smallest absolute Gasteiger partial charge is 0.118 e. The van der Waals surface area contributed by atoms with Crippen molar-refractivity contribution in [2.45, 2.75) is 44.9 Å². The van der Waals surface area contributed by atoms with Crippen molar-refractivity contribution in [2.75, 3.05) is 7.11 Å². The Morgan fingerprint density at radius 1 is 1.18 bits per heavy atom. The van der Waals surface area contributed by atoms with Crippen molar-refractivity contribution in [1.29, 1.82) is 0 Å². The van der Waals surface area contributed by atoms with Gasteiger partial charge in [0.2, 0.25) is 0 Å². The second-order valence-electron chi connectivity index (χ2n) is 4.49. The van der Waals surface area contributed by atoms with E-state index in [9.17, 15) is 0 Å². The topological polar surface area (TPSA) is 9.23 Å². The van der Waals surface area contributed by atoms with E-state index < -0.39 is 0 Å². The average molecular weight is 255 g/mol. The molecule has 96 valence electrons. The lowest BCUT2D eigenvalue weighted by Crippen LogP contribution is -2.07. The first-order valence-corrected chi connectivity index (χ1v) is 6.94. The van der Waals surface area contributed by atoms with Crippen LogP contribution in [0.2, 0.25) is 0 Å². The fourth-order valence-electron chi connectivity index (χ4n) is 2.08. The summed E-state index contributed by atoms with van der Waals surface area (Å²) in [5.41, 5.74) is 1.20. The number of halogens is 1. The highest BCUT2D eigenvalue weighted by atomic mass is 35.5. The molecule has 0 heterocycles. The Hall–Kier alpha value is -0.690. The van der Waals surface area contributed by atoms with Gasteiger partial charge in [-0.3, -0.25) is 0 Å². The molecular formula is C15H23ClO. The van der Waals surface area contributed by atoms with Gasteiger partial charge >= 0.3 is 0 Å². The van der Waals surface area contributed by atoms with E-state index in [1.54, 1.807) is 7.11 Å². The molecule has 17 heavy (non-hydrogen) atoms. The summed E-state index contributed by atoms with van der Waals surface area (Å²) in [6, 6.07) is 8.12. The van der Waals surface area contributed by atoms with E-state index in [4.69, 9.17) is 16.3 Å². The number of benzene rings is 1. The minimum absolute atomic E-state index is 0.123. The lowest BCUT2D eigenvalue weighted by atomic mass is 9.91.